The molecule has 3 aliphatic rings. The number of fused-ring (bicyclic) bond motifs is 4. The first-order valence-electron chi connectivity index (χ1n) is 8.86. The van der Waals surface area contributed by atoms with Crippen LogP contribution in [0.4, 0.5) is 15.8 Å². The summed E-state index contributed by atoms with van der Waals surface area (Å²) in [6, 6.07) is 14.5. The first-order chi connectivity index (χ1) is 12.2. The van der Waals surface area contributed by atoms with E-state index in [4.69, 9.17) is 0 Å². The van der Waals surface area contributed by atoms with Crippen LogP contribution in [0.15, 0.2) is 48.5 Å². The molecule has 2 aromatic rings. The summed E-state index contributed by atoms with van der Waals surface area (Å²) >= 11 is 0. The molecule has 0 atom stereocenters. The number of nitrogens with one attached hydrogen (secondary N) is 1. The Morgan fingerprint density at radius 3 is 2.35 bits per heavy atom. The Morgan fingerprint density at radius 2 is 1.65 bits per heavy atom. The van der Waals surface area contributed by atoms with Crippen molar-refractivity contribution >= 4 is 29.7 Å². The van der Waals surface area contributed by atoms with Crippen molar-refractivity contribution in [2.45, 2.75) is 18.9 Å². The Kier molecular flexibility index (Phi) is 5.79. The van der Waals surface area contributed by atoms with Crippen LogP contribution >= 0.6 is 12.4 Å². The molecule has 4 nitrogen and oxygen atoms in total. The lowest BCUT2D eigenvalue weighted by Crippen LogP contribution is -2.37. The van der Waals surface area contributed by atoms with Crippen molar-refractivity contribution in [1.29, 1.82) is 0 Å². The second-order valence-electron chi connectivity index (χ2n) is 6.75. The molecule has 3 aliphatic heterocycles. The van der Waals surface area contributed by atoms with E-state index in [1.54, 1.807) is 12.1 Å². The number of amides is 1. The van der Waals surface area contributed by atoms with E-state index in [-0.39, 0.29) is 18.0 Å². The molecule has 2 aromatic carbocycles. The molecule has 0 aliphatic carbocycles. The van der Waals surface area contributed by atoms with Gasteiger partial charge in [-0.15, -0.1) is 12.4 Å². The standard InChI is InChI=1S/C20H22FN3O.ClH/c21-19-4-2-1-3-18(19)20(25)22-15-5-7-16(8-6-15)24-14-13-23-11-9-17(24)10-12-23;/h1-8,17H,9-14H2,(H,22,25);1H. The molecule has 26 heavy (non-hydrogen) atoms. The monoisotopic (exact) mass is 375 g/mol. The van der Waals surface area contributed by atoms with Crippen LogP contribution in [0.1, 0.15) is 23.2 Å². The number of carbonyl (C=O) groups is 1. The molecule has 3 heterocycles. The smallest absolute Gasteiger partial charge is 0.258 e. The summed E-state index contributed by atoms with van der Waals surface area (Å²) in [4.78, 5) is 17.2. The number of carbonyl (C=O) groups excluding carboxylic acids is 1. The summed E-state index contributed by atoms with van der Waals surface area (Å²) in [7, 11) is 0. The topological polar surface area (TPSA) is 35.6 Å². The van der Waals surface area contributed by atoms with Gasteiger partial charge in [0.05, 0.1) is 5.56 Å². The normalized spacial score (nSPS) is 21.7. The summed E-state index contributed by atoms with van der Waals surface area (Å²) in [6.45, 7) is 4.55. The average molecular weight is 376 g/mol. The van der Waals surface area contributed by atoms with Gasteiger partial charge in [0, 0.05) is 43.6 Å². The van der Waals surface area contributed by atoms with Gasteiger partial charge in [0.15, 0.2) is 0 Å². The predicted molar refractivity (Wildman–Crippen MR) is 105 cm³/mol. The minimum Gasteiger partial charge on any atom is -0.367 e. The zero-order chi connectivity index (χ0) is 17.2. The molecular formula is C20H23ClFN3O. The Morgan fingerprint density at radius 1 is 0.962 bits per heavy atom. The second-order valence-corrected chi connectivity index (χ2v) is 6.75. The summed E-state index contributed by atoms with van der Waals surface area (Å²) in [5.41, 5.74) is 1.93. The predicted octanol–water partition coefficient (Wildman–Crippen LogP) is 3.78. The lowest BCUT2D eigenvalue weighted by molar-refractivity contribution is 0.102. The van der Waals surface area contributed by atoms with Gasteiger partial charge in [-0.05, 0) is 49.2 Å². The Labute approximate surface area is 159 Å². The van der Waals surface area contributed by atoms with Gasteiger partial charge >= 0.3 is 0 Å². The molecule has 0 saturated carbocycles. The zero-order valence-electron chi connectivity index (χ0n) is 14.5. The molecule has 3 saturated heterocycles. The van der Waals surface area contributed by atoms with Crippen LogP contribution in [0, 0.1) is 5.82 Å². The lowest BCUT2D eigenvalue weighted by atomic mass is 10.0. The molecule has 2 bridgehead atoms. The highest BCUT2D eigenvalue weighted by atomic mass is 35.5. The van der Waals surface area contributed by atoms with E-state index in [1.165, 1.54) is 43.8 Å². The fraction of sp³-hybridized carbons (Fsp3) is 0.350. The third-order valence-corrected chi connectivity index (χ3v) is 5.23. The first-order valence-corrected chi connectivity index (χ1v) is 8.86. The highest BCUT2D eigenvalue weighted by Crippen LogP contribution is 2.27. The van der Waals surface area contributed by atoms with E-state index in [1.807, 2.05) is 24.3 Å². The molecule has 3 fully saturated rings. The molecule has 0 aromatic heterocycles. The summed E-state index contributed by atoms with van der Waals surface area (Å²) in [5, 5.41) is 2.77. The molecule has 6 heteroatoms. The minimum atomic E-state index is -0.507. The number of rotatable bonds is 3. The van der Waals surface area contributed by atoms with E-state index in [2.05, 4.69) is 15.1 Å². The highest BCUT2D eigenvalue weighted by molar-refractivity contribution is 6.04. The summed E-state index contributed by atoms with van der Waals surface area (Å²) in [6.07, 6.45) is 2.43. The van der Waals surface area contributed by atoms with Crippen LogP contribution in [0.5, 0.6) is 0 Å². The van der Waals surface area contributed by atoms with Crippen molar-refractivity contribution in [3.05, 3.63) is 59.9 Å². The molecule has 1 N–H and O–H groups in total. The summed E-state index contributed by atoms with van der Waals surface area (Å²) < 4.78 is 13.7. The van der Waals surface area contributed by atoms with Crippen LogP contribution in [0.2, 0.25) is 0 Å². The lowest BCUT2D eigenvalue weighted by Gasteiger charge is -2.33. The molecule has 1 amide bonds. The van der Waals surface area contributed by atoms with E-state index in [9.17, 15) is 9.18 Å². The Balaban J connectivity index is 0.00000196. The molecular weight excluding hydrogens is 353 g/mol. The van der Waals surface area contributed by atoms with E-state index < -0.39 is 11.7 Å². The molecule has 0 spiro atoms. The van der Waals surface area contributed by atoms with Gasteiger partial charge in [0.2, 0.25) is 0 Å². The average Bonchev–Trinajstić information content (AvgIpc) is 2.97. The third-order valence-electron chi connectivity index (χ3n) is 5.23. The van der Waals surface area contributed by atoms with Crippen LogP contribution in [0.3, 0.4) is 0 Å². The van der Waals surface area contributed by atoms with Crippen LogP contribution in [-0.2, 0) is 0 Å². The van der Waals surface area contributed by atoms with Gasteiger partial charge in [-0.25, -0.2) is 4.39 Å². The van der Waals surface area contributed by atoms with Gasteiger partial charge in [0.25, 0.3) is 5.91 Å². The quantitative estimate of drug-likeness (QED) is 0.886. The number of piperidine rings is 1. The van der Waals surface area contributed by atoms with Gasteiger partial charge < -0.3 is 15.1 Å². The maximum Gasteiger partial charge on any atom is 0.258 e. The molecule has 0 radical (unpaired) electrons. The third kappa shape index (κ3) is 3.84. The molecule has 5 rings (SSSR count). The fourth-order valence-electron chi connectivity index (χ4n) is 3.81. The second kappa shape index (κ2) is 8.06. The molecule has 0 unspecified atom stereocenters. The maximum absolute atomic E-state index is 13.7. The van der Waals surface area contributed by atoms with E-state index in [0.29, 0.717) is 11.7 Å². The largest absolute Gasteiger partial charge is 0.367 e. The number of halogens is 2. The van der Waals surface area contributed by atoms with E-state index >= 15 is 0 Å². The minimum absolute atomic E-state index is 0. The van der Waals surface area contributed by atoms with Crippen LogP contribution in [0.25, 0.3) is 0 Å². The van der Waals surface area contributed by atoms with Crippen LogP contribution < -0.4 is 10.2 Å². The molecule has 138 valence electrons. The number of benzene rings is 2. The van der Waals surface area contributed by atoms with Crippen molar-refractivity contribution in [2.75, 3.05) is 36.4 Å². The highest BCUT2D eigenvalue weighted by Gasteiger charge is 2.28. The van der Waals surface area contributed by atoms with Crippen molar-refractivity contribution in [3.8, 4) is 0 Å². The van der Waals surface area contributed by atoms with E-state index in [0.717, 1.165) is 13.1 Å². The zero-order valence-corrected chi connectivity index (χ0v) is 15.3. The maximum atomic E-state index is 13.7. The van der Waals surface area contributed by atoms with Crippen molar-refractivity contribution in [3.63, 3.8) is 0 Å². The number of hydrogen-bond acceptors (Lipinski definition) is 3. The number of hydrogen-bond donors (Lipinski definition) is 1. The first kappa shape index (κ1) is 18.7. The number of anilines is 2. The van der Waals surface area contributed by atoms with Gasteiger partial charge in [-0.2, -0.15) is 0 Å². The Hall–Kier alpha value is -2.11. The summed E-state index contributed by atoms with van der Waals surface area (Å²) in [5.74, 6) is -0.931. The van der Waals surface area contributed by atoms with Crippen molar-refractivity contribution in [1.82, 2.24) is 4.90 Å². The van der Waals surface area contributed by atoms with Gasteiger partial charge in [0.1, 0.15) is 5.82 Å². The SMILES string of the molecule is Cl.O=C(Nc1ccc(N2CCN3CCC2CC3)cc1)c1ccccc1F. The van der Waals surface area contributed by atoms with Crippen LogP contribution in [-0.4, -0.2) is 43.0 Å². The van der Waals surface area contributed by atoms with Gasteiger partial charge in [-0.1, -0.05) is 12.1 Å². The van der Waals surface area contributed by atoms with Crippen molar-refractivity contribution in [2.24, 2.45) is 0 Å². The van der Waals surface area contributed by atoms with Crippen molar-refractivity contribution < 1.29 is 9.18 Å². The van der Waals surface area contributed by atoms with Gasteiger partial charge in [-0.3, -0.25) is 4.79 Å². The fourth-order valence-corrected chi connectivity index (χ4v) is 3.81. The number of nitrogens with zero attached hydrogens (tertiary/aromatic N) is 2. The Bertz CT molecular complexity index is 760.